The molecule has 0 aliphatic carbocycles. The quantitative estimate of drug-likeness (QED) is 0.585. The van der Waals surface area contributed by atoms with Gasteiger partial charge in [0.05, 0.1) is 0 Å². The Bertz CT molecular complexity index is 460. The molecule has 1 atom stereocenters. The van der Waals surface area contributed by atoms with Crippen molar-refractivity contribution in [2.75, 3.05) is 19.8 Å². The van der Waals surface area contributed by atoms with Gasteiger partial charge in [-0.05, 0) is 19.1 Å². The van der Waals surface area contributed by atoms with Crippen LogP contribution in [-0.4, -0.2) is 37.9 Å². The largest absolute Gasteiger partial charge is 0.490 e. The van der Waals surface area contributed by atoms with E-state index in [0.29, 0.717) is 12.3 Å². The van der Waals surface area contributed by atoms with Gasteiger partial charge in [0.1, 0.15) is 19.0 Å². The molecular weight excluding hydrogens is 274 g/mol. The van der Waals surface area contributed by atoms with Gasteiger partial charge in [-0.1, -0.05) is 24.8 Å². The van der Waals surface area contributed by atoms with Gasteiger partial charge in [0.2, 0.25) is 0 Å². The Morgan fingerprint density at radius 2 is 2.00 bits per heavy atom. The first kappa shape index (κ1) is 16.6. The molecule has 114 valence electrons. The van der Waals surface area contributed by atoms with Gasteiger partial charge >= 0.3 is 12.1 Å². The lowest BCUT2D eigenvalue weighted by Crippen LogP contribution is -2.35. The zero-order valence-electron chi connectivity index (χ0n) is 11.9. The van der Waals surface area contributed by atoms with E-state index in [-0.39, 0.29) is 13.2 Å². The van der Waals surface area contributed by atoms with Gasteiger partial charge in [0, 0.05) is 12.6 Å². The van der Waals surface area contributed by atoms with E-state index in [2.05, 4.69) is 11.9 Å². The van der Waals surface area contributed by atoms with Crippen molar-refractivity contribution >= 4 is 12.1 Å². The summed E-state index contributed by atoms with van der Waals surface area (Å²) in [6.45, 7) is 5.48. The Balaban J connectivity index is 2.51. The summed E-state index contributed by atoms with van der Waals surface area (Å²) in [6, 6.07) is 9.07. The first-order valence-corrected chi connectivity index (χ1v) is 6.57. The molecule has 1 amide bonds. The molecular formula is C15H19NO5. The van der Waals surface area contributed by atoms with Gasteiger partial charge in [0.15, 0.2) is 6.10 Å². The Kier molecular flexibility index (Phi) is 7.42. The standard InChI is InChI=1S/C15H19NO5/c1-3-14(17)20-11-13(21-15(18)16-4-2)10-19-12-8-6-5-7-9-12/h3,5-9,13H,1,4,10-11H2,2H3,(H,16,18). The van der Waals surface area contributed by atoms with E-state index in [0.717, 1.165) is 6.08 Å². The number of rotatable bonds is 8. The number of hydrogen-bond acceptors (Lipinski definition) is 5. The fourth-order valence-corrected chi connectivity index (χ4v) is 1.39. The van der Waals surface area contributed by atoms with Gasteiger partial charge < -0.3 is 19.5 Å². The number of nitrogens with one attached hydrogen (secondary N) is 1. The Hall–Kier alpha value is -2.50. The van der Waals surface area contributed by atoms with E-state index in [9.17, 15) is 9.59 Å². The molecule has 6 heteroatoms. The van der Waals surface area contributed by atoms with E-state index in [1.54, 1.807) is 19.1 Å². The molecule has 0 fully saturated rings. The minimum Gasteiger partial charge on any atom is -0.490 e. The average molecular weight is 293 g/mol. The summed E-state index contributed by atoms with van der Waals surface area (Å²) >= 11 is 0. The highest BCUT2D eigenvalue weighted by Crippen LogP contribution is 2.09. The molecule has 1 rings (SSSR count). The van der Waals surface area contributed by atoms with Crippen molar-refractivity contribution in [3.63, 3.8) is 0 Å². The third-order valence-electron chi connectivity index (χ3n) is 2.35. The summed E-state index contributed by atoms with van der Waals surface area (Å²) < 4.78 is 15.5. The van der Waals surface area contributed by atoms with Crippen molar-refractivity contribution in [2.24, 2.45) is 0 Å². The average Bonchev–Trinajstić information content (AvgIpc) is 2.50. The maximum Gasteiger partial charge on any atom is 0.407 e. The smallest absolute Gasteiger partial charge is 0.407 e. The summed E-state index contributed by atoms with van der Waals surface area (Å²) in [5.74, 6) is 0.0521. The molecule has 0 aromatic heterocycles. The second kappa shape index (κ2) is 9.41. The van der Waals surface area contributed by atoms with Crippen molar-refractivity contribution in [3.8, 4) is 5.75 Å². The first-order chi connectivity index (χ1) is 10.2. The van der Waals surface area contributed by atoms with E-state index in [1.165, 1.54) is 0 Å². The lowest BCUT2D eigenvalue weighted by molar-refractivity contribution is -0.141. The fourth-order valence-electron chi connectivity index (χ4n) is 1.39. The van der Waals surface area contributed by atoms with E-state index < -0.39 is 18.2 Å². The molecule has 0 radical (unpaired) electrons. The molecule has 0 aliphatic heterocycles. The molecule has 0 bridgehead atoms. The van der Waals surface area contributed by atoms with Crippen LogP contribution in [0.2, 0.25) is 0 Å². The summed E-state index contributed by atoms with van der Waals surface area (Å²) in [4.78, 5) is 22.5. The topological polar surface area (TPSA) is 73.9 Å². The van der Waals surface area contributed by atoms with E-state index in [1.807, 2.05) is 18.2 Å². The first-order valence-electron chi connectivity index (χ1n) is 6.57. The Morgan fingerprint density at radius 3 is 2.62 bits per heavy atom. The number of amides is 1. The molecule has 0 saturated carbocycles. The van der Waals surface area contributed by atoms with Gasteiger partial charge in [0.25, 0.3) is 0 Å². The highest BCUT2D eigenvalue weighted by atomic mass is 16.6. The molecule has 21 heavy (non-hydrogen) atoms. The van der Waals surface area contributed by atoms with Crippen LogP contribution in [0.5, 0.6) is 5.75 Å². The predicted octanol–water partition coefficient (Wildman–Crippen LogP) is 1.91. The Morgan fingerprint density at radius 1 is 1.29 bits per heavy atom. The van der Waals surface area contributed by atoms with Crippen LogP contribution >= 0.6 is 0 Å². The lowest BCUT2D eigenvalue weighted by atomic mass is 10.3. The van der Waals surface area contributed by atoms with Gasteiger partial charge in [-0.2, -0.15) is 0 Å². The zero-order chi connectivity index (χ0) is 15.5. The summed E-state index contributed by atoms with van der Waals surface area (Å²) in [5, 5.41) is 2.50. The summed E-state index contributed by atoms with van der Waals surface area (Å²) in [7, 11) is 0. The van der Waals surface area contributed by atoms with Crippen molar-refractivity contribution in [1.82, 2.24) is 5.32 Å². The maximum atomic E-state index is 11.4. The fraction of sp³-hybridized carbons (Fsp3) is 0.333. The second-order valence-corrected chi connectivity index (χ2v) is 4.02. The van der Waals surface area contributed by atoms with Crippen molar-refractivity contribution in [3.05, 3.63) is 43.0 Å². The number of benzene rings is 1. The zero-order valence-corrected chi connectivity index (χ0v) is 11.9. The van der Waals surface area contributed by atoms with E-state index >= 15 is 0 Å². The number of alkyl carbamates (subject to hydrolysis) is 1. The molecule has 0 saturated heterocycles. The third kappa shape index (κ3) is 7.00. The number of ether oxygens (including phenoxy) is 3. The minimum absolute atomic E-state index is 0.0750. The molecule has 6 nitrogen and oxygen atoms in total. The van der Waals surface area contributed by atoms with Crippen LogP contribution in [0.4, 0.5) is 4.79 Å². The molecule has 0 spiro atoms. The molecule has 1 aromatic rings. The second-order valence-electron chi connectivity index (χ2n) is 4.02. The Labute approximate surface area is 123 Å². The van der Waals surface area contributed by atoms with Crippen molar-refractivity contribution in [1.29, 1.82) is 0 Å². The SMILES string of the molecule is C=CC(=O)OCC(COc1ccccc1)OC(=O)NCC. The van der Waals surface area contributed by atoms with Crippen LogP contribution < -0.4 is 10.1 Å². The van der Waals surface area contributed by atoms with Crippen LogP contribution in [0.3, 0.4) is 0 Å². The monoisotopic (exact) mass is 293 g/mol. The predicted molar refractivity (Wildman–Crippen MR) is 77.0 cm³/mol. The van der Waals surface area contributed by atoms with Crippen molar-refractivity contribution < 1.29 is 23.8 Å². The van der Waals surface area contributed by atoms with Crippen LogP contribution in [0.15, 0.2) is 43.0 Å². The number of esters is 1. The highest BCUT2D eigenvalue weighted by Gasteiger charge is 2.17. The van der Waals surface area contributed by atoms with Crippen LogP contribution in [0.1, 0.15) is 6.92 Å². The maximum absolute atomic E-state index is 11.4. The molecule has 0 aliphatic rings. The number of carbonyl (C=O) groups is 2. The minimum atomic E-state index is -0.708. The van der Waals surface area contributed by atoms with Crippen LogP contribution in [0, 0.1) is 0 Å². The normalized spacial score (nSPS) is 11.1. The summed E-state index contributed by atoms with van der Waals surface area (Å²) in [6.07, 6.45) is -0.254. The van der Waals surface area contributed by atoms with Gasteiger partial charge in [-0.3, -0.25) is 0 Å². The molecule has 0 heterocycles. The summed E-state index contributed by atoms with van der Waals surface area (Å²) in [5.41, 5.74) is 0. The molecule has 1 N–H and O–H groups in total. The highest BCUT2D eigenvalue weighted by molar-refractivity contribution is 5.81. The van der Waals surface area contributed by atoms with Crippen LogP contribution in [-0.2, 0) is 14.3 Å². The van der Waals surface area contributed by atoms with E-state index in [4.69, 9.17) is 14.2 Å². The lowest BCUT2D eigenvalue weighted by Gasteiger charge is -2.18. The molecule has 1 unspecified atom stereocenters. The molecule has 1 aromatic carbocycles. The number of para-hydroxylation sites is 1. The number of hydrogen-bond donors (Lipinski definition) is 1. The van der Waals surface area contributed by atoms with Gasteiger partial charge in [-0.15, -0.1) is 0 Å². The van der Waals surface area contributed by atoms with Gasteiger partial charge in [-0.25, -0.2) is 9.59 Å². The third-order valence-corrected chi connectivity index (χ3v) is 2.35. The van der Waals surface area contributed by atoms with Crippen LogP contribution in [0.25, 0.3) is 0 Å². The van der Waals surface area contributed by atoms with Crippen molar-refractivity contribution in [2.45, 2.75) is 13.0 Å². The number of carbonyl (C=O) groups excluding carboxylic acids is 2.